The third-order valence-corrected chi connectivity index (χ3v) is 3.87. The molecular formula is C19H25Cl2NO2. The molecule has 0 aromatic heterocycles. The van der Waals surface area contributed by atoms with Gasteiger partial charge in [-0.2, -0.15) is 0 Å². The Morgan fingerprint density at radius 3 is 2.46 bits per heavy atom. The van der Waals surface area contributed by atoms with Gasteiger partial charge in [0.2, 0.25) is 0 Å². The van der Waals surface area contributed by atoms with Crippen LogP contribution in [0, 0.1) is 0 Å². The highest BCUT2D eigenvalue weighted by Gasteiger charge is 2.04. The standard InChI is InChI=1S/C19H24ClNO2.ClH/c20-18-13-17(14-21-11-5-2-6-12-22)9-10-19(18)23-15-16-7-3-1-4-8-16;/h1,3-4,7-10,13,21-22H,2,5-6,11-12,14-15H2;1H. The van der Waals surface area contributed by atoms with Gasteiger partial charge in [-0.15, -0.1) is 12.4 Å². The van der Waals surface area contributed by atoms with Gasteiger partial charge in [0.05, 0.1) is 5.02 Å². The number of nitrogens with one attached hydrogen (secondary N) is 1. The van der Waals surface area contributed by atoms with Gasteiger partial charge in [-0.3, -0.25) is 0 Å². The number of rotatable bonds is 10. The summed E-state index contributed by atoms with van der Waals surface area (Å²) < 4.78 is 5.77. The van der Waals surface area contributed by atoms with E-state index in [-0.39, 0.29) is 19.0 Å². The van der Waals surface area contributed by atoms with E-state index >= 15 is 0 Å². The Kier molecular flexibility index (Phi) is 10.5. The number of aliphatic hydroxyl groups excluding tert-OH is 1. The monoisotopic (exact) mass is 369 g/mol. The molecule has 0 unspecified atom stereocenters. The summed E-state index contributed by atoms with van der Waals surface area (Å²) in [6, 6.07) is 15.9. The van der Waals surface area contributed by atoms with Crippen molar-refractivity contribution in [1.82, 2.24) is 5.32 Å². The van der Waals surface area contributed by atoms with Crippen LogP contribution in [0.1, 0.15) is 30.4 Å². The summed E-state index contributed by atoms with van der Waals surface area (Å²) in [5, 5.41) is 12.8. The molecule has 24 heavy (non-hydrogen) atoms. The lowest BCUT2D eigenvalue weighted by Crippen LogP contribution is -2.14. The first-order valence-corrected chi connectivity index (χ1v) is 8.44. The molecule has 0 saturated carbocycles. The molecule has 2 rings (SSSR count). The minimum absolute atomic E-state index is 0. The third kappa shape index (κ3) is 7.54. The zero-order valence-electron chi connectivity index (χ0n) is 13.7. The average Bonchev–Trinajstić information content (AvgIpc) is 2.58. The molecule has 0 bridgehead atoms. The predicted octanol–water partition coefficient (Wildman–Crippen LogP) is 4.59. The quantitative estimate of drug-likeness (QED) is 0.601. The van der Waals surface area contributed by atoms with Crippen LogP contribution in [0.2, 0.25) is 5.02 Å². The SMILES string of the molecule is Cl.OCCCCCNCc1ccc(OCc2ccccc2)c(Cl)c1. The van der Waals surface area contributed by atoms with E-state index < -0.39 is 0 Å². The van der Waals surface area contributed by atoms with Crippen molar-refractivity contribution in [3.05, 3.63) is 64.7 Å². The highest BCUT2D eigenvalue weighted by molar-refractivity contribution is 6.32. The number of benzene rings is 2. The van der Waals surface area contributed by atoms with Crippen LogP contribution in [0.4, 0.5) is 0 Å². The summed E-state index contributed by atoms with van der Waals surface area (Å²) >= 11 is 6.30. The molecule has 0 amide bonds. The van der Waals surface area contributed by atoms with Crippen molar-refractivity contribution in [2.75, 3.05) is 13.2 Å². The first kappa shape index (κ1) is 20.8. The Morgan fingerprint density at radius 1 is 0.958 bits per heavy atom. The number of ether oxygens (including phenoxy) is 1. The molecule has 2 aromatic carbocycles. The largest absolute Gasteiger partial charge is 0.487 e. The second kappa shape index (κ2) is 12.2. The number of halogens is 2. The van der Waals surface area contributed by atoms with Crippen LogP contribution in [0.3, 0.4) is 0 Å². The zero-order valence-corrected chi connectivity index (χ0v) is 15.3. The van der Waals surface area contributed by atoms with Crippen molar-refractivity contribution in [1.29, 1.82) is 0 Å². The molecule has 5 heteroatoms. The molecule has 2 N–H and O–H groups in total. The van der Waals surface area contributed by atoms with Crippen LogP contribution in [0.15, 0.2) is 48.5 Å². The van der Waals surface area contributed by atoms with E-state index in [4.69, 9.17) is 21.4 Å². The summed E-state index contributed by atoms with van der Waals surface area (Å²) in [6.07, 6.45) is 3.00. The molecular weight excluding hydrogens is 345 g/mol. The Bertz CT molecular complexity index is 579. The Labute approximate surface area is 155 Å². The van der Waals surface area contributed by atoms with E-state index in [1.54, 1.807) is 0 Å². The maximum Gasteiger partial charge on any atom is 0.138 e. The van der Waals surface area contributed by atoms with Crippen molar-refractivity contribution in [3.8, 4) is 5.75 Å². The van der Waals surface area contributed by atoms with E-state index in [1.807, 2.05) is 48.5 Å². The fourth-order valence-corrected chi connectivity index (χ4v) is 2.54. The van der Waals surface area contributed by atoms with Gasteiger partial charge >= 0.3 is 0 Å². The molecule has 0 radical (unpaired) electrons. The van der Waals surface area contributed by atoms with E-state index in [1.165, 1.54) is 0 Å². The smallest absolute Gasteiger partial charge is 0.138 e. The van der Waals surface area contributed by atoms with Gasteiger partial charge in [0, 0.05) is 13.2 Å². The second-order valence-electron chi connectivity index (χ2n) is 5.50. The number of unbranched alkanes of at least 4 members (excludes halogenated alkanes) is 2. The van der Waals surface area contributed by atoms with Gasteiger partial charge in [0.1, 0.15) is 12.4 Å². The predicted molar refractivity (Wildman–Crippen MR) is 102 cm³/mol. The van der Waals surface area contributed by atoms with Gasteiger partial charge < -0.3 is 15.2 Å². The number of hydrogen-bond donors (Lipinski definition) is 2. The van der Waals surface area contributed by atoms with E-state index in [0.717, 1.165) is 43.5 Å². The van der Waals surface area contributed by atoms with Crippen LogP contribution >= 0.6 is 24.0 Å². The molecule has 0 saturated heterocycles. The van der Waals surface area contributed by atoms with E-state index in [2.05, 4.69) is 5.32 Å². The summed E-state index contributed by atoms with van der Waals surface area (Å²) in [6.45, 7) is 2.53. The zero-order chi connectivity index (χ0) is 16.3. The second-order valence-corrected chi connectivity index (χ2v) is 5.91. The van der Waals surface area contributed by atoms with E-state index in [9.17, 15) is 0 Å². The molecule has 0 aliphatic rings. The van der Waals surface area contributed by atoms with Gasteiger partial charge in [0.15, 0.2) is 0 Å². The fraction of sp³-hybridized carbons (Fsp3) is 0.368. The van der Waals surface area contributed by atoms with Crippen LogP contribution < -0.4 is 10.1 Å². The maximum absolute atomic E-state index is 8.73. The van der Waals surface area contributed by atoms with Gasteiger partial charge in [-0.25, -0.2) is 0 Å². The van der Waals surface area contributed by atoms with Gasteiger partial charge in [-0.05, 0) is 49.1 Å². The first-order valence-electron chi connectivity index (χ1n) is 8.06. The summed E-state index contributed by atoms with van der Waals surface area (Å²) in [5.41, 5.74) is 2.27. The lowest BCUT2D eigenvalue weighted by atomic mass is 10.2. The highest BCUT2D eigenvalue weighted by Crippen LogP contribution is 2.26. The van der Waals surface area contributed by atoms with Gasteiger partial charge in [0.25, 0.3) is 0 Å². The van der Waals surface area contributed by atoms with Crippen molar-refractivity contribution >= 4 is 24.0 Å². The summed E-state index contributed by atoms with van der Waals surface area (Å²) in [4.78, 5) is 0. The molecule has 3 nitrogen and oxygen atoms in total. The fourth-order valence-electron chi connectivity index (χ4n) is 2.28. The number of aliphatic hydroxyl groups is 1. The maximum atomic E-state index is 8.73. The third-order valence-electron chi connectivity index (χ3n) is 3.57. The Morgan fingerprint density at radius 2 is 1.75 bits per heavy atom. The van der Waals surface area contributed by atoms with Crippen LogP contribution in [-0.2, 0) is 13.2 Å². The highest BCUT2D eigenvalue weighted by atomic mass is 35.5. The van der Waals surface area contributed by atoms with Crippen LogP contribution in [0.25, 0.3) is 0 Å². The number of hydrogen-bond acceptors (Lipinski definition) is 3. The summed E-state index contributed by atoms with van der Waals surface area (Å²) in [5.74, 6) is 0.710. The first-order chi connectivity index (χ1) is 11.3. The van der Waals surface area contributed by atoms with E-state index in [0.29, 0.717) is 17.4 Å². The molecule has 0 aliphatic carbocycles. The normalized spacial score (nSPS) is 10.2. The van der Waals surface area contributed by atoms with Gasteiger partial charge in [-0.1, -0.05) is 48.0 Å². The minimum atomic E-state index is 0. The lowest BCUT2D eigenvalue weighted by Gasteiger charge is -2.10. The van der Waals surface area contributed by atoms with Crippen molar-refractivity contribution in [2.24, 2.45) is 0 Å². The molecule has 0 heterocycles. The molecule has 0 aliphatic heterocycles. The molecule has 132 valence electrons. The van der Waals surface area contributed by atoms with Crippen LogP contribution in [0.5, 0.6) is 5.75 Å². The topological polar surface area (TPSA) is 41.5 Å². The summed E-state index contributed by atoms with van der Waals surface area (Å²) in [7, 11) is 0. The molecule has 2 aromatic rings. The average molecular weight is 370 g/mol. The van der Waals surface area contributed by atoms with Crippen molar-refractivity contribution < 1.29 is 9.84 Å². The minimum Gasteiger partial charge on any atom is -0.487 e. The lowest BCUT2D eigenvalue weighted by molar-refractivity contribution is 0.283. The van der Waals surface area contributed by atoms with Crippen molar-refractivity contribution in [2.45, 2.75) is 32.4 Å². The van der Waals surface area contributed by atoms with Crippen molar-refractivity contribution in [3.63, 3.8) is 0 Å². The molecule has 0 fully saturated rings. The molecule has 0 spiro atoms. The Balaban J connectivity index is 0.00000288. The Hall–Kier alpha value is -1.26. The molecule has 0 atom stereocenters. The van der Waals surface area contributed by atoms with Crippen LogP contribution in [-0.4, -0.2) is 18.3 Å².